The standard InChI is InChI=1S/C14H16ClN3O2S/c1-3-6-18-13(11-5-4-10(15)7-9(11)2)16-17-14(18)21-8-12(19)20/h4-5,7H,3,6,8H2,1-2H3,(H,19,20). The third-order valence-electron chi connectivity index (χ3n) is 2.92. The summed E-state index contributed by atoms with van der Waals surface area (Å²) in [5.41, 5.74) is 1.98. The van der Waals surface area contributed by atoms with E-state index >= 15 is 0 Å². The van der Waals surface area contributed by atoms with Gasteiger partial charge in [0.25, 0.3) is 0 Å². The van der Waals surface area contributed by atoms with Gasteiger partial charge in [0.05, 0.1) is 5.75 Å². The summed E-state index contributed by atoms with van der Waals surface area (Å²) in [5, 5.41) is 18.5. The zero-order valence-electron chi connectivity index (χ0n) is 11.8. The van der Waals surface area contributed by atoms with Gasteiger partial charge < -0.3 is 9.67 Å². The van der Waals surface area contributed by atoms with Crippen LogP contribution < -0.4 is 0 Å². The Morgan fingerprint density at radius 3 is 2.81 bits per heavy atom. The van der Waals surface area contributed by atoms with Crippen molar-refractivity contribution in [2.24, 2.45) is 0 Å². The van der Waals surface area contributed by atoms with Crippen molar-refractivity contribution in [3.63, 3.8) is 0 Å². The molecular weight excluding hydrogens is 310 g/mol. The average molecular weight is 326 g/mol. The topological polar surface area (TPSA) is 68.0 Å². The van der Waals surface area contributed by atoms with Gasteiger partial charge in [-0.05, 0) is 37.1 Å². The lowest BCUT2D eigenvalue weighted by Gasteiger charge is -2.10. The Hall–Kier alpha value is -1.53. The lowest BCUT2D eigenvalue weighted by Crippen LogP contribution is -2.05. The van der Waals surface area contributed by atoms with Crippen LogP contribution in [0.4, 0.5) is 0 Å². The normalized spacial score (nSPS) is 10.8. The van der Waals surface area contributed by atoms with Crippen LogP contribution in [-0.2, 0) is 11.3 Å². The quantitative estimate of drug-likeness (QED) is 0.823. The highest BCUT2D eigenvalue weighted by Crippen LogP contribution is 2.28. The Bertz CT molecular complexity index is 658. The summed E-state index contributed by atoms with van der Waals surface area (Å²) < 4.78 is 1.96. The number of aliphatic carboxylic acids is 1. The SMILES string of the molecule is CCCn1c(SCC(=O)O)nnc1-c1ccc(Cl)cc1C. The van der Waals surface area contributed by atoms with E-state index in [0.717, 1.165) is 29.9 Å². The summed E-state index contributed by atoms with van der Waals surface area (Å²) in [6.07, 6.45) is 0.915. The molecule has 5 nitrogen and oxygen atoms in total. The van der Waals surface area contributed by atoms with Gasteiger partial charge in [0.2, 0.25) is 0 Å². The van der Waals surface area contributed by atoms with E-state index in [-0.39, 0.29) is 5.75 Å². The fourth-order valence-electron chi connectivity index (χ4n) is 2.02. The number of hydrogen-bond donors (Lipinski definition) is 1. The first-order chi connectivity index (χ1) is 10.0. The number of thioether (sulfide) groups is 1. The van der Waals surface area contributed by atoms with Crippen LogP contribution in [0.15, 0.2) is 23.4 Å². The molecule has 0 aliphatic heterocycles. The first kappa shape index (κ1) is 15.9. The molecule has 0 radical (unpaired) electrons. The number of carboxylic acid groups (broad SMARTS) is 1. The molecule has 2 aromatic rings. The second-order valence-electron chi connectivity index (χ2n) is 4.60. The molecule has 0 unspecified atom stereocenters. The van der Waals surface area contributed by atoms with Crippen molar-refractivity contribution < 1.29 is 9.90 Å². The van der Waals surface area contributed by atoms with Crippen molar-refractivity contribution in [3.8, 4) is 11.4 Å². The van der Waals surface area contributed by atoms with E-state index in [0.29, 0.717) is 10.2 Å². The van der Waals surface area contributed by atoms with Crippen molar-refractivity contribution >= 4 is 29.3 Å². The minimum Gasteiger partial charge on any atom is -0.481 e. The van der Waals surface area contributed by atoms with E-state index in [2.05, 4.69) is 17.1 Å². The second kappa shape index (κ2) is 6.95. The number of aryl methyl sites for hydroxylation is 1. The molecule has 0 aliphatic rings. The smallest absolute Gasteiger partial charge is 0.313 e. The molecule has 1 aromatic carbocycles. The van der Waals surface area contributed by atoms with Crippen LogP contribution in [0.1, 0.15) is 18.9 Å². The summed E-state index contributed by atoms with van der Waals surface area (Å²) in [6.45, 7) is 4.77. The fraction of sp³-hybridized carbons (Fsp3) is 0.357. The lowest BCUT2D eigenvalue weighted by atomic mass is 10.1. The molecule has 0 saturated heterocycles. The monoisotopic (exact) mass is 325 g/mol. The van der Waals surface area contributed by atoms with Crippen LogP contribution in [0.25, 0.3) is 11.4 Å². The molecule has 0 atom stereocenters. The van der Waals surface area contributed by atoms with E-state index in [9.17, 15) is 4.79 Å². The molecule has 1 aromatic heterocycles. The predicted octanol–water partition coefficient (Wildman–Crippen LogP) is 3.49. The molecule has 7 heteroatoms. The molecule has 1 N–H and O–H groups in total. The predicted molar refractivity (Wildman–Crippen MR) is 83.9 cm³/mol. The molecule has 1 heterocycles. The van der Waals surface area contributed by atoms with Gasteiger partial charge in [0, 0.05) is 17.1 Å². The molecule has 21 heavy (non-hydrogen) atoms. The van der Waals surface area contributed by atoms with Crippen molar-refractivity contribution in [1.29, 1.82) is 0 Å². The first-order valence-corrected chi connectivity index (χ1v) is 7.93. The van der Waals surface area contributed by atoms with Gasteiger partial charge in [-0.15, -0.1) is 10.2 Å². The molecule has 0 amide bonds. The minimum atomic E-state index is -0.865. The fourth-order valence-corrected chi connectivity index (χ4v) is 2.94. The van der Waals surface area contributed by atoms with E-state index in [1.807, 2.05) is 29.7 Å². The van der Waals surface area contributed by atoms with Gasteiger partial charge in [-0.1, -0.05) is 30.3 Å². The van der Waals surface area contributed by atoms with Crippen molar-refractivity contribution in [2.45, 2.75) is 32.0 Å². The van der Waals surface area contributed by atoms with E-state index in [1.54, 1.807) is 0 Å². The highest BCUT2D eigenvalue weighted by atomic mass is 35.5. The zero-order chi connectivity index (χ0) is 15.4. The average Bonchev–Trinajstić information content (AvgIpc) is 2.80. The van der Waals surface area contributed by atoms with Gasteiger partial charge in [0.15, 0.2) is 11.0 Å². The summed E-state index contributed by atoms with van der Waals surface area (Å²) in [4.78, 5) is 10.7. The number of carboxylic acids is 1. The number of nitrogens with zero attached hydrogens (tertiary/aromatic N) is 3. The molecule has 112 valence electrons. The van der Waals surface area contributed by atoms with Crippen LogP contribution in [0.2, 0.25) is 5.02 Å². The minimum absolute atomic E-state index is 0.0263. The van der Waals surface area contributed by atoms with Crippen molar-refractivity contribution in [1.82, 2.24) is 14.8 Å². The highest BCUT2D eigenvalue weighted by molar-refractivity contribution is 7.99. The van der Waals surface area contributed by atoms with Crippen LogP contribution in [0, 0.1) is 6.92 Å². The van der Waals surface area contributed by atoms with Gasteiger partial charge in [-0.3, -0.25) is 4.79 Å². The van der Waals surface area contributed by atoms with E-state index < -0.39 is 5.97 Å². The Kier molecular flexibility index (Phi) is 5.25. The van der Waals surface area contributed by atoms with Crippen LogP contribution in [0.3, 0.4) is 0 Å². The van der Waals surface area contributed by atoms with E-state index in [4.69, 9.17) is 16.7 Å². The first-order valence-electron chi connectivity index (χ1n) is 6.57. The second-order valence-corrected chi connectivity index (χ2v) is 5.98. The molecule has 2 rings (SSSR count). The Balaban J connectivity index is 2.41. The Labute approximate surface area is 132 Å². The van der Waals surface area contributed by atoms with E-state index in [1.165, 1.54) is 11.8 Å². The molecule has 0 aliphatic carbocycles. The molecule has 0 fully saturated rings. The maximum Gasteiger partial charge on any atom is 0.313 e. The molecule has 0 spiro atoms. The number of hydrogen-bond acceptors (Lipinski definition) is 4. The van der Waals surface area contributed by atoms with Crippen LogP contribution in [-0.4, -0.2) is 31.6 Å². The number of halogens is 1. The lowest BCUT2D eigenvalue weighted by molar-refractivity contribution is -0.133. The zero-order valence-corrected chi connectivity index (χ0v) is 13.4. The third-order valence-corrected chi connectivity index (χ3v) is 4.10. The summed E-state index contributed by atoms with van der Waals surface area (Å²) >= 11 is 7.17. The summed E-state index contributed by atoms with van der Waals surface area (Å²) in [6, 6.07) is 5.62. The number of aromatic nitrogens is 3. The highest BCUT2D eigenvalue weighted by Gasteiger charge is 2.16. The van der Waals surface area contributed by atoms with Crippen LogP contribution in [0.5, 0.6) is 0 Å². The van der Waals surface area contributed by atoms with Gasteiger partial charge in [0.1, 0.15) is 0 Å². The van der Waals surface area contributed by atoms with Gasteiger partial charge >= 0.3 is 5.97 Å². The Morgan fingerprint density at radius 2 is 2.19 bits per heavy atom. The van der Waals surface area contributed by atoms with Crippen LogP contribution >= 0.6 is 23.4 Å². The maximum atomic E-state index is 10.7. The maximum absolute atomic E-state index is 10.7. The van der Waals surface area contributed by atoms with Crippen molar-refractivity contribution in [3.05, 3.63) is 28.8 Å². The number of rotatable bonds is 6. The van der Waals surface area contributed by atoms with Gasteiger partial charge in [-0.25, -0.2) is 0 Å². The van der Waals surface area contributed by atoms with Gasteiger partial charge in [-0.2, -0.15) is 0 Å². The largest absolute Gasteiger partial charge is 0.481 e. The number of benzene rings is 1. The number of carbonyl (C=O) groups is 1. The molecular formula is C14H16ClN3O2S. The summed E-state index contributed by atoms with van der Waals surface area (Å²) in [5.74, 6) is -0.143. The van der Waals surface area contributed by atoms with Crippen molar-refractivity contribution in [2.75, 3.05) is 5.75 Å². The molecule has 0 bridgehead atoms. The molecule has 0 saturated carbocycles. The third kappa shape index (κ3) is 3.77. The Morgan fingerprint density at radius 1 is 1.43 bits per heavy atom. The summed E-state index contributed by atoms with van der Waals surface area (Å²) in [7, 11) is 0.